The fraction of sp³-hybridized carbons (Fsp3) is 0.600. The van der Waals surface area contributed by atoms with Crippen LogP contribution < -0.4 is 5.32 Å². The van der Waals surface area contributed by atoms with Crippen molar-refractivity contribution in [3.05, 3.63) is 27.5 Å². The van der Waals surface area contributed by atoms with E-state index in [-0.39, 0.29) is 0 Å². The Morgan fingerprint density at radius 2 is 2.24 bits per heavy atom. The van der Waals surface area contributed by atoms with Gasteiger partial charge in [-0.25, -0.2) is 0 Å². The smallest absolute Gasteiger partial charge is 0.0273 e. The average Bonchev–Trinajstić information content (AvgIpc) is 3.02. The third-order valence-electron chi connectivity index (χ3n) is 3.27. The largest absolute Gasteiger partial charge is 0.310 e. The number of hydrogen-bond donors (Lipinski definition) is 1. The Morgan fingerprint density at radius 1 is 1.47 bits per heavy atom. The zero-order valence-electron chi connectivity index (χ0n) is 11.1. The maximum Gasteiger partial charge on any atom is 0.0273 e. The van der Waals surface area contributed by atoms with E-state index in [0.29, 0.717) is 5.92 Å². The number of aryl methyl sites for hydroxylation is 1. The van der Waals surface area contributed by atoms with Crippen LogP contribution in [0.4, 0.5) is 0 Å². The lowest BCUT2D eigenvalue weighted by Crippen LogP contribution is -2.21. The molecule has 1 nitrogen and oxygen atoms in total. The predicted molar refractivity (Wildman–Crippen MR) is 77.5 cm³/mol. The van der Waals surface area contributed by atoms with Crippen LogP contribution in [0.5, 0.6) is 0 Å². The molecule has 2 heteroatoms. The maximum atomic E-state index is 3.62. The first-order valence-electron chi connectivity index (χ1n) is 6.71. The summed E-state index contributed by atoms with van der Waals surface area (Å²) < 4.78 is 0. The van der Waals surface area contributed by atoms with Gasteiger partial charge in [0, 0.05) is 22.3 Å². The molecule has 0 amide bonds. The number of nitrogens with one attached hydrogen (secondary N) is 1. The van der Waals surface area contributed by atoms with E-state index in [2.05, 4.69) is 44.3 Å². The highest BCUT2D eigenvalue weighted by molar-refractivity contribution is 7.12. The molecule has 1 heterocycles. The Balaban J connectivity index is 2.01. The molecule has 1 aromatic rings. The van der Waals surface area contributed by atoms with Gasteiger partial charge in [0.1, 0.15) is 0 Å². The molecule has 1 aromatic heterocycles. The van der Waals surface area contributed by atoms with Crippen LogP contribution in [0, 0.1) is 5.92 Å². The molecule has 0 aromatic carbocycles. The standard InChI is InChI=1S/C15H23NS/c1-4-14-7-8-15(17-14)9-12(11(2)3)10-16-13-5-6-13/h7-9,11,13,16H,4-6,10H2,1-3H3. The Bertz CT molecular complexity index is 385. The second kappa shape index (κ2) is 5.83. The van der Waals surface area contributed by atoms with E-state index in [9.17, 15) is 0 Å². The highest BCUT2D eigenvalue weighted by atomic mass is 32.1. The fourth-order valence-electron chi connectivity index (χ4n) is 1.82. The summed E-state index contributed by atoms with van der Waals surface area (Å²) >= 11 is 1.92. The number of thiophene rings is 1. The van der Waals surface area contributed by atoms with Crippen LogP contribution in [0.2, 0.25) is 0 Å². The van der Waals surface area contributed by atoms with E-state index < -0.39 is 0 Å². The topological polar surface area (TPSA) is 12.0 Å². The minimum atomic E-state index is 0.633. The molecule has 0 bridgehead atoms. The first-order valence-corrected chi connectivity index (χ1v) is 7.53. The van der Waals surface area contributed by atoms with Gasteiger partial charge in [-0.05, 0) is 43.4 Å². The molecule has 0 saturated heterocycles. The van der Waals surface area contributed by atoms with Gasteiger partial charge in [-0.3, -0.25) is 0 Å². The van der Waals surface area contributed by atoms with Crippen molar-refractivity contribution in [1.82, 2.24) is 5.32 Å². The normalized spacial score (nSPS) is 16.8. The zero-order chi connectivity index (χ0) is 12.3. The van der Waals surface area contributed by atoms with Gasteiger partial charge >= 0.3 is 0 Å². The fourth-order valence-corrected chi connectivity index (χ4v) is 2.75. The van der Waals surface area contributed by atoms with Crippen molar-refractivity contribution in [2.24, 2.45) is 5.92 Å². The molecule has 17 heavy (non-hydrogen) atoms. The monoisotopic (exact) mass is 249 g/mol. The van der Waals surface area contributed by atoms with Crippen molar-refractivity contribution >= 4 is 17.4 Å². The number of hydrogen-bond acceptors (Lipinski definition) is 2. The first kappa shape index (κ1) is 12.8. The lowest BCUT2D eigenvalue weighted by atomic mass is 10.0. The summed E-state index contributed by atoms with van der Waals surface area (Å²) in [4.78, 5) is 2.89. The molecule has 1 fully saturated rings. The molecule has 0 aliphatic heterocycles. The van der Waals surface area contributed by atoms with Crippen LogP contribution in [0.25, 0.3) is 6.08 Å². The Morgan fingerprint density at radius 3 is 2.76 bits per heavy atom. The summed E-state index contributed by atoms with van der Waals surface area (Å²) in [7, 11) is 0. The highest BCUT2D eigenvalue weighted by Gasteiger charge is 2.20. The molecule has 1 N–H and O–H groups in total. The summed E-state index contributed by atoms with van der Waals surface area (Å²) in [5.41, 5.74) is 1.53. The number of rotatable bonds is 6. The van der Waals surface area contributed by atoms with Crippen molar-refractivity contribution in [2.45, 2.75) is 46.1 Å². The van der Waals surface area contributed by atoms with Crippen molar-refractivity contribution in [2.75, 3.05) is 6.54 Å². The summed E-state index contributed by atoms with van der Waals surface area (Å²) in [6, 6.07) is 5.30. The molecule has 1 saturated carbocycles. The zero-order valence-corrected chi connectivity index (χ0v) is 11.9. The second-order valence-electron chi connectivity index (χ2n) is 5.19. The van der Waals surface area contributed by atoms with Crippen molar-refractivity contribution in [3.63, 3.8) is 0 Å². The molecule has 2 rings (SSSR count). The summed E-state index contributed by atoms with van der Waals surface area (Å²) in [6.07, 6.45) is 6.26. The van der Waals surface area contributed by atoms with Gasteiger partial charge in [0.2, 0.25) is 0 Å². The van der Waals surface area contributed by atoms with Gasteiger partial charge in [-0.15, -0.1) is 11.3 Å². The SMILES string of the molecule is CCc1ccc(C=C(CNC2CC2)C(C)C)s1. The summed E-state index contributed by atoms with van der Waals surface area (Å²) in [5.74, 6) is 0.633. The third-order valence-corrected chi connectivity index (χ3v) is 4.45. The molecule has 1 aliphatic rings. The predicted octanol–water partition coefficient (Wildman–Crippen LogP) is 4.10. The third kappa shape index (κ3) is 3.97. The van der Waals surface area contributed by atoms with Gasteiger partial charge in [0.15, 0.2) is 0 Å². The van der Waals surface area contributed by atoms with Crippen LogP contribution in [-0.2, 0) is 6.42 Å². The van der Waals surface area contributed by atoms with Gasteiger partial charge in [-0.1, -0.05) is 26.3 Å². The second-order valence-corrected chi connectivity index (χ2v) is 6.39. The minimum Gasteiger partial charge on any atom is -0.310 e. The molecule has 0 unspecified atom stereocenters. The van der Waals surface area contributed by atoms with Crippen LogP contribution in [0.15, 0.2) is 17.7 Å². The van der Waals surface area contributed by atoms with E-state index in [1.807, 2.05) is 11.3 Å². The first-order chi connectivity index (χ1) is 8.19. The van der Waals surface area contributed by atoms with E-state index in [1.165, 1.54) is 28.2 Å². The van der Waals surface area contributed by atoms with Gasteiger partial charge in [0.25, 0.3) is 0 Å². The quantitative estimate of drug-likeness (QED) is 0.800. The average molecular weight is 249 g/mol. The lowest BCUT2D eigenvalue weighted by Gasteiger charge is -2.12. The summed E-state index contributed by atoms with van der Waals surface area (Å²) in [6.45, 7) is 7.85. The van der Waals surface area contributed by atoms with Gasteiger partial charge in [-0.2, -0.15) is 0 Å². The molecule has 1 aliphatic carbocycles. The van der Waals surface area contributed by atoms with Crippen LogP contribution in [0.1, 0.15) is 43.4 Å². The van der Waals surface area contributed by atoms with E-state index in [1.54, 1.807) is 0 Å². The lowest BCUT2D eigenvalue weighted by molar-refractivity contribution is 0.663. The Labute approximate surface area is 109 Å². The van der Waals surface area contributed by atoms with Gasteiger partial charge in [0.05, 0.1) is 0 Å². The minimum absolute atomic E-state index is 0.633. The highest BCUT2D eigenvalue weighted by Crippen LogP contribution is 2.23. The van der Waals surface area contributed by atoms with Gasteiger partial charge < -0.3 is 5.32 Å². The van der Waals surface area contributed by atoms with Crippen molar-refractivity contribution in [1.29, 1.82) is 0 Å². The molecular weight excluding hydrogens is 226 g/mol. The summed E-state index contributed by atoms with van der Waals surface area (Å²) in [5, 5.41) is 3.62. The van der Waals surface area contributed by atoms with E-state index in [0.717, 1.165) is 19.0 Å². The molecular formula is C15H23NS. The molecule has 0 radical (unpaired) electrons. The van der Waals surface area contributed by atoms with Crippen LogP contribution in [0.3, 0.4) is 0 Å². The molecule has 0 atom stereocenters. The van der Waals surface area contributed by atoms with E-state index in [4.69, 9.17) is 0 Å². The Hall–Kier alpha value is -0.600. The maximum absolute atomic E-state index is 3.62. The molecule has 0 spiro atoms. The van der Waals surface area contributed by atoms with Crippen molar-refractivity contribution in [3.8, 4) is 0 Å². The van der Waals surface area contributed by atoms with Crippen LogP contribution in [-0.4, -0.2) is 12.6 Å². The van der Waals surface area contributed by atoms with Crippen molar-refractivity contribution < 1.29 is 0 Å². The van der Waals surface area contributed by atoms with E-state index >= 15 is 0 Å². The Kier molecular flexibility index (Phi) is 4.41. The van der Waals surface area contributed by atoms with Crippen LogP contribution >= 0.6 is 11.3 Å². The molecule has 94 valence electrons.